The summed E-state index contributed by atoms with van der Waals surface area (Å²) in [4.78, 5) is 14.8. The van der Waals surface area contributed by atoms with Gasteiger partial charge < -0.3 is 9.64 Å². The summed E-state index contributed by atoms with van der Waals surface area (Å²) in [6, 6.07) is 0. The number of hydrogen-bond donors (Lipinski definition) is 0. The number of unbranched alkanes of at least 4 members (excludes halogenated alkanes) is 1. The van der Waals surface area contributed by atoms with Crippen molar-refractivity contribution in [2.24, 2.45) is 17.8 Å². The van der Waals surface area contributed by atoms with Crippen LogP contribution in [-0.4, -0.2) is 37.1 Å². The fourth-order valence-corrected chi connectivity index (χ4v) is 3.58. The topological polar surface area (TPSA) is 29.5 Å². The van der Waals surface area contributed by atoms with E-state index < -0.39 is 0 Å². The van der Waals surface area contributed by atoms with E-state index in [-0.39, 0.29) is 18.0 Å². The Balaban J connectivity index is 2.51. The van der Waals surface area contributed by atoms with Crippen LogP contribution < -0.4 is 0 Å². The molecule has 0 aliphatic carbocycles. The van der Waals surface area contributed by atoms with E-state index in [9.17, 15) is 4.79 Å². The van der Waals surface area contributed by atoms with E-state index in [1.54, 1.807) is 0 Å². The Kier molecular flexibility index (Phi) is 9.08. The van der Waals surface area contributed by atoms with E-state index in [1.165, 1.54) is 32.1 Å². The summed E-state index contributed by atoms with van der Waals surface area (Å²) in [5, 5.41) is 0. The number of carbonyl (C=O) groups is 1. The van der Waals surface area contributed by atoms with Crippen molar-refractivity contribution in [3.8, 4) is 0 Å². The van der Waals surface area contributed by atoms with Gasteiger partial charge in [0.2, 0.25) is 0 Å². The Hall–Kier alpha value is -0.570. The van der Waals surface area contributed by atoms with Crippen LogP contribution in [0.5, 0.6) is 0 Å². The quantitative estimate of drug-likeness (QED) is 0.618. The molecule has 1 aliphatic heterocycles. The monoisotopic (exact) mass is 311 g/mol. The third-order valence-corrected chi connectivity index (χ3v) is 5.47. The van der Waals surface area contributed by atoms with Crippen molar-refractivity contribution in [3.05, 3.63) is 0 Å². The van der Waals surface area contributed by atoms with E-state index in [1.807, 2.05) is 0 Å². The minimum Gasteiger partial charge on any atom is -0.461 e. The van der Waals surface area contributed by atoms with Gasteiger partial charge in [-0.1, -0.05) is 53.4 Å². The lowest BCUT2D eigenvalue weighted by molar-refractivity contribution is -0.156. The molecule has 0 N–H and O–H groups in total. The second-order valence-electron chi connectivity index (χ2n) is 7.28. The third kappa shape index (κ3) is 6.28. The molecule has 0 radical (unpaired) electrons. The maximum atomic E-state index is 12.5. The molecule has 1 saturated heterocycles. The van der Waals surface area contributed by atoms with Crippen LogP contribution in [0.25, 0.3) is 0 Å². The molecule has 1 fully saturated rings. The lowest BCUT2D eigenvalue weighted by Gasteiger charge is -2.29. The minimum absolute atomic E-state index is 0.00960. The maximum Gasteiger partial charge on any atom is 0.309 e. The summed E-state index contributed by atoms with van der Waals surface area (Å²) in [5.74, 6) is 1.07. The first kappa shape index (κ1) is 19.5. The molecule has 0 aromatic carbocycles. The highest BCUT2D eigenvalue weighted by atomic mass is 16.5. The van der Waals surface area contributed by atoms with Crippen LogP contribution in [0.15, 0.2) is 0 Å². The Bertz CT molecular complexity index is 319. The van der Waals surface area contributed by atoms with Gasteiger partial charge in [0.05, 0.1) is 5.92 Å². The molecular weight excluding hydrogens is 274 g/mol. The zero-order valence-electron chi connectivity index (χ0n) is 15.4. The smallest absolute Gasteiger partial charge is 0.309 e. The van der Waals surface area contributed by atoms with E-state index in [0.29, 0.717) is 11.8 Å². The number of hydrogen-bond acceptors (Lipinski definition) is 3. The molecule has 1 aliphatic rings. The highest BCUT2D eigenvalue weighted by Crippen LogP contribution is 2.29. The van der Waals surface area contributed by atoms with Gasteiger partial charge in [-0.25, -0.2) is 0 Å². The molecule has 0 spiro atoms. The zero-order valence-corrected chi connectivity index (χ0v) is 15.4. The van der Waals surface area contributed by atoms with Gasteiger partial charge >= 0.3 is 5.97 Å². The van der Waals surface area contributed by atoms with Gasteiger partial charge in [-0.15, -0.1) is 0 Å². The molecule has 130 valence electrons. The number of rotatable bonds is 8. The van der Waals surface area contributed by atoms with Crippen LogP contribution >= 0.6 is 0 Å². The van der Waals surface area contributed by atoms with Crippen molar-refractivity contribution in [1.29, 1.82) is 0 Å². The predicted molar refractivity (Wildman–Crippen MR) is 92.9 cm³/mol. The van der Waals surface area contributed by atoms with Gasteiger partial charge in [-0.2, -0.15) is 0 Å². The van der Waals surface area contributed by atoms with E-state index >= 15 is 0 Å². The molecule has 0 aromatic heterocycles. The molecule has 3 nitrogen and oxygen atoms in total. The first-order valence-corrected chi connectivity index (χ1v) is 9.38. The van der Waals surface area contributed by atoms with Crippen LogP contribution in [-0.2, 0) is 9.53 Å². The molecule has 0 aromatic rings. The SMILES string of the molecule is CCCCC(CC)C(C)C(C)C(=O)OC1CCCCN(C)C1. The zero-order chi connectivity index (χ0) is 16.5. The fourth-order valence-electron chi connectivity index (χ4n) is 3.58. The summed E-state index contributed by atoms with van der Waals surface area (Å²) < 4.78 is 5.84. The van der Waals surface area contributed by atoms with E-state index in [2.05, 4.69) is 39.6 Å². The Morgan fingerprint density at radius 1 is 1.27 bits per heavy atom. The van der Waals surface area contributed by atoms with Gasteiger partial charge in [0.1, 0.15) is 6.10 Å². The van der Waals surface area contributed by atoms with Crippen molar-refractivity contribution in [2.45, 2.75) is 78.7 Å². The lowest BCUT2D eigenvalue weighted by Crippen LogP contribution is -2.34. The highest BCUT2D eigenvalue weighted by Gasteiger charge is 2.29. The van der Waals surface area contributed by atoms with E-state index in [0.717, 1.165) is 25.9 Å². The fraction of sp³-hybridized carbons (Fsp3) is 0.947. The molecule has 0 saturated carbocycles. The Morgan fingerprint density at radius 3 is 2.64 bits per heavy atom. The summed E-state index contributed by atoms with van der Waals surface area (Å²) in [7, 11) is 2.12. The van der Waals surface area contributed by atoms with Gasteiger partial charge in [-0.3, -0.25) is 4.79 Å². The van der Waals surface area contributed by atoms with Crippen molar-refractivity contribution in [1.82, 2.24) is 4.90 Å². The number of nitrogens with zero attached hydrogens (tertiary/aromatic N) is 1. The summed E-state index contributed by atoms with van der Waals surface area (Å²) in [6.45, 7) is 10.8. The van der Waals surface area contributed by atoms with Crippen LogP contribution in [0.3, 0.4) is 0 Å². The molecule has 4 unspecified atom stereocenters. The molecule has 1 rings (SSSR count). The van der Waals surface area contributed by atoms with Crippen molar-refractivity contribution < 1.29 is 9.53 Å². The number of likely N-dealkylation sites (tertiary alicyclic amines) is 1. The maximum absolute atomic E-state index is 12.5. The first-order chi connectivity index (χ1) is 10.5. The van der Waals surface area contributed by atoms with Gasteiger partial charge in [0.25, 0.3) is 0 Å². The van der Waals surface area contributed by atoms with E-state index in [4.69, 9.17) is 4.74 Å². The molecule has 3 heteroatoms. The second kappa shape index (κ2) is 10.3. The molecule has 1 heterocycles. The summed E-state index contributed by atoms with van der Waals surface area (Å²) in [5.41, 5.74) is 0. The Labute approximate surface area is 137 Å². The van der Waals surface area contributed by atoms with Crippen LogP contribution in [0.4, 0.5) is 0 Å². The van der Waals surface area contributed by atoms with Crippen molar-refractivity contribution in [3.63, 3.8) is 0 Å². The standard InChI is InChI=1S/C19H37NO2/c1-6-8-11-17(7-2)15(3)16(4)19(21)22-18-12-9-10-13-20(5)14-18/h15-18H,6-14H2,1-5H3. The number of ether oxygens (including phenoxy) is 1. The molecule has 0 bridgehead atoms. The Morgan fingerprint density at radius 2 is 2.00 bits per heavy atom. The third-order valence-electron chi connectivity index (χ3n) is 5.47. The molecule has 0 amide bonds. The lowest BCUT2D eigenvalue weighted by atomic mass is 9.79. The number of esters is 1. The van der Waals surface area contributed by atoms with Crippen molar-refractivity contribution >= 4 is 5.97 Å². The summed E-state index contributed by atoms with van der Waals surface area (Å²) in [6.07, 6.45) is 8.37. The van der Waals surface area contributed by atoms with Crippen molar-refractivity contribution in [2.75, 3.05) is 20.1 Å². The number of carbonyl (C=O) groups excluding carboxylic acids is 1. The van der Waals surface area contributed by atoms with Crippen LogP contribution in [0, 0.1) is 17.8 Å². The van der Waals surface area contributed by atoms with Crippen LogP contribution in [0.1, 0.15) is 72.6 Å². The average Bonchev–Trinajstić information content (AvgIpc) is 2.70. The van der Waals surface area contributed by atoms with Crippen LogP contribution in [0.2, 0.25) is 0 Å². The largest absolute Gasteiger partial charge is 0.461 e. The second-order valence-corrected chi connectivity index (χ2v) is 7.28. The first-order valence-electron chi connectivity index (χ1n) is 9.38. The number of likely N-dealkylation sites (N-methyl/N-ethyl adjacent to an activating group) is 1. The van der Waals surface area contributed by atoms with Gasteiger partial charge in [0.15, 0.2) is 0 Å². The average molecular weight is 312 g/mol. The predicted octanol–water partition coefficient (Wildman–Crippen LogP) is 4.50. The summed E-state index contributed by atoms with van der Waals surface area (Å²) >= 11 is 0. The van der Waals surface area contributed by atoms with Gasteiger partial charge in [-0.05, 0) is 44.7 Å². The normalized spacial score (nSPS) is 24.3. The molecule has 22 heavy (non-hydrogen) atoms. The highest BCUT2D eigenvalue weighted by molar-refractivity contribution is 5.72. The van der Waals surface area contributed by atoms with Gasteiger partial charge in [0, 0.05) is 6.54 Å². The molecular formula is C19H37NO2. The molecule has 4 atom stereocenters. The minimum atomic E-state index is 0.00960.